The molecule has 16 heavy (non-hydrogen) atoms. The number of carbonyl (C=O) groups excluding carboxylic acids is 1. The summed E-state index contributed by atoms with van der Waals surface area (Å²) >= 11 is 0. The van der Waals surface area contributed by atoms with Gasteiger partial charge in [0.1, 0.15) is 5.60 Å². The Balaban J connectivity index is 1.91. The predicted molar refractivity (Wildman–Crippen MR) is 64.2 cm³/mol. The third kappa shape index (κ3) is 2.32. The molecule has 2 saturated carbocycles. The molecule has 0 amide bonds. The third-order valence-electron chi connectivity index (χ3n) is 4.68. The van der Waals surface area contributed by atoms with Gasteiger partial charge in [0.05, 0.1) is 0 Å². The average molecular weight is 224 g/mol. The maximum atomic E-state index is 12.3. The summed E-state index contributed by atoms with van der Waals surface area (Å²) in [6.07, 6.45) is 9.09. The van der Waals surface area contributed by atoms with Crippen LogP contribution >= 0.6 is 0 Å². The average Bonchev–Trinajstić information content (AvgIpc) is 2.77. The monoisotopic (exact) mass is 224 g/mol. The van der Waals surface area contributed by atoms with Crippen LogP contribution in [0, 0.1) is 11.8 Å². The van der Waals surface area contributed by atoms with E-state index in [2.05, 4.69) is 6.92 Å². The first-order valence-electron chi connectivity index (χ1n) is 6.92. The van der Waals surface area contributed by atoms with Gasteiger partial charge in [-0.15, -0.1) is 0 Å². The number of rotatable bonds is 3. The van der Waals surface area contributed by atoms with Crippen molar-refractivity contribution >= 4 is 5.78 Å². The van der Waals surface area contributed by atoms with Crippen molar-refractivity contribution in [1.82, 2.24) is 0 Å². The molecule has 0 unspecified atom stereocenters. The quantitative estimate of drug-likeness (QED) is 0.800. The van der Waals surface area contributed by atoms with Crippen LogP contribution < -0.4 is 0 Å². The summed E-state index contributed by atoms with van der Waals surface area (Å²) in [4.78, 5) is 12.3. The number of carbonyl (C=O) groups is 1. The lowest BCUT2D eigenvalue weighted by Crippen LogP contribution is -2.41. The normalized spacial score (nSPS) is 33.9. The molecule has 0 radical (unpaired) electrons. The molecule has 92 valence electrons. The molecule has 2 nitrogen and oxygen atoms in total. The molecule has 0 bridgehead atoms. The molecular weight excluding hydrogens is 200 g/mol. The number of hydrogen-bond acceptors (Lipinski definition) is 2. The minimum absolute atomic E-state index is 0.158. The molecule has 0 saturated heterocycles. The van der Waals surface area contributed by atoms with E-state index in [0.717, 1.165) is 31.6 Å². The van der Waals surface area contributed by atoms with Crippen molar-refractivity contribution in [2.24, 2.45) is 11.8 Å². The second kappa shape index (κ2) is 4.87. The third-order valence-corrected chi connectivity index (χ3v) is 4.68. The second-order valence-corrected chi connectivity index (χ2v) is 5.73. The molecule has 2 fully saturated rings. The molecule has 1 N–H and O–H groups in total. The topological polar surface area (TPSA) is 37.3 Å². The minimum atomic E-state index is -0.941. The molecule has 0 aromatic rings. The van der Waals surface area contributed by atoms with Crippen LogP contribution in [0.15, 0.2) is 0 Å². The summed E-state index contributed by atoms with van der Waals surface area (Å²) in [6.45, 7) is 2.23. The van der Waals surface area contributed by atoms with Crippen LogP contribution in [0.3, 0.4) is 0 Å². The van der Waals surface area contributed by atoms with E-state index in [1.165, 1.54) is 19.3 Å². The number of ketones is 1. The molecule has 2 heteroatoms. The van der Waals surface area contributed by atoms with Gasteiger partial charge in [-0.3, -0.25) is 4.79 Å². The highest BCUT2D eigenvalue weighted by atomic mass is 16.3. The Labute approximate surface area is 98.4 Å². The maximum Gasteiger partial charge on any atom is 0.167 e. The van der Waals surface area contributed by atoms with E-state index >= 15 is 0 Å². The van der Waals surface area contributed by atoms with Crippen LogP contribution in [-0.4, -0.2) is 16.5 Å². The van der Waals surface area contributed by atoms with Gasteiger partial charge in [0, 0.05) is 5.92 Å². The van der Waals surface area contributed by atoms with Crippen molar-refractivity contribution in [1.29, 1.82) is 0 Å². The summed E-state index contributed by atoms with van der Waals surface area (Å²) in [5.74, 6) is 1.15. The van der Waals surface area contributed by atoms with Crippen LogP contribution in [0.2, 0.25) is 0 Å². The fraction of sp³-hybridized carbons (Fsp3) is 0.929. The Bertz CT molecular complexity index is 245. The van der Waals surface area contributed by atoms with E-state index in [-0.39, 0.29) is 11.7 Å². The van der Waals surface area contributed by atoms with Gasteiger partial charge in [0.25, 0.3) is 0 Å². The molecule has 0 aliphatic heterocycles. The van der Waals surface area contributed by atoms with Gasteiger partial charge in [-0.25, -0.2) is 0 Å². The van der Waals surface area contributed by atoms with Crippen LogP contribution in [-0.2, 0) is 4.79 Å². The minimum Gasteiger partial charge on any atom is -0.382 e. The number of hydrogen-bond donors (Lipinski definition) is 1. The molecule has 0 spiro atoms. The molecule has 2 aliphatic rings. The Hall–Kier alpha value is -0.370. The van der Waals surface area contributed by atoms with Crippen LogP contribution in [0.4, 0.5) is 0 Å². The summed E-state index contributed by atoms with van der Waals surface area (Å²) < 4.78 is 0. The van der Waals surface area contributed by atoms with Crippen molar-refractivity contribution in [3.8, 4) is 0 Å². The van der Waals surface area contributed by atoms with Crippen molar-refractivity contribution in [2.75, 3.05) is 0 Å². The standard InChI is InChI=1S/C14H24O2/c1-2-11-5-7-12(8-6-11)13(15)14(16)9-3-4-10-14/h11-12,16H,2-10H2,1H3. The smallest absolute Gasteiger partial charge is 0.167 e. The Morgan fingerprint density at radius 2 is 1.75 bits per heavy atom. The van der Waals surface area contributed by atoms with Gasteiger partial charge in [-0.05, 0) is 57.3 Å². The van der Waals surface area contributed by atoms with Gasteiger partial charge in [0.2, 0.25) is 0 Å². The first-order valence-corrected chi connectivity index (χ1v) is 6.92. The summed E-state index contributed by atoms with van der Waals surface area (Å²) in [6, 6.07) is 0. The molecule has 0 aromatic carbocycles. The van der Waals surface area contributed by atoms with E-state index in [1.807, 2.05) is 0 Å². The van der Waals surface area contributed by atoms with Gasteiger partial charge in [-0.1, -0.05) is 13.3 Å². The molecule has 0 atom stereocenters. The van der Waals surface area contributed by atoms with E-state index < -0.39 is 5.60 Å². The van der Waals surface area contributed by atoms with Crippen molar-refractivity contribution in [3.05, 3.63) is 0 Å². The van der Waals surface area contributed by atoms with E-state index in [0.29, 0.717) is 12.8 Å². The zero-order valence-corrected chi connectivity index (χ0v) is 10.4. The van der Waals surface area contributed by atoms with Gasteiger partial charge in [-0.2, -0.15) is 0 Å². The van der Waals surface area contributed by atoms with Gasteiger partial charge >= 0.3 is 0 Å². The zero-order valence-electron chi connectivity index (χ0n) is 10.4. The van der Waals surface area contributed by atoms with E-state index in [9.17, 15) is 9.90 Å². The Morgan fingerprint density at radius 1 is 1.19 bits per heavy atom. The second-order valence-electron chi connectivity index (χ2n) is 5.73. The summed E-state index contributed by atoms with van der Waals surface area (Å²) in [5, 5.41) is 10.3. The van der Waals surface area contributed by atoms with Crippen LogP contribution in [0.25, 0.3) is 0 Å². The highest BCUT2D eigenvalue weighted by Gasteiger charge is 2.42. The van der Waals surface area contributed by atoms with Crippen molar-refractivity contribution < 1.29 is 9.90 Å². The highest BCUT2D eigenvalue weighted by molar-refractivity contribution is 5.89. The maximum absolute atomic E-state index is 12.3. The Kier molecular flexibility index (Phi) is 3.68. The summed E-state index contributed by atoms with van der Waals surface area (Å²) in [5.41, 5.74) is -0.941. The fourth-order valence-corrected chi connectivity index (χ4v) is 3.42. The molecule has 2 rings (SSSR count). The van der Waals surface area contributed by atoms with Gasteiger partial charge in [0.15, 0.2) is 5.78 Å². The molecule has 0 heterocycles. The largest absolute Gasteiger partial charge is 0.382 e. The fourth-order valence-electron chi connectivity index (χ4n) is 3.42. The predicted octanol–water partition coefficient (Wildman–Crippen LogP) is 3.08. The van der Waals surface area contributed by atoms with Crippen LogP contribution in [0.5, 0.6) is 0 Å². The highest BCUT2D eigenvalue weighted by Crippen LogP contribution is 2.38. The summed E-state index contributed by atoms with van der Waals surface area (Å²) in [7, 11) is 0. The number of aliphatic hydroxyl groups is 1. The molecule has 0 aromatic heterocycles. The first-order chi connectivity index (χ1) is 7.65. The first kappa shape index (κ1) is 12.1. The van der Waals surface area contributed by atoms with Crippen LogP contribution in [0.1, 0.15) is 64.7 Å². The van der Waals surface area contributed by atoms with Gasteiger partial charge < -0.3 is 5.11 Å². The SMILES string of the molecule is CCC1CCC(C(=O)C2(O)CCCC2)CC1. The van der Waals surface area contributed by atoms with E-state index in [4.69, 9.17) is 0 Å². The lowest BCUT2D eigenvalue weighted by Gasteiger charge is -2.31. The number of Topliss-reactive ketones (excluding diaryl/α,β-unsaturated/α-hetero) is 1. The van der Waals surface area contributed by atoms with E-state index in [1.54, 1.807) is 0 Å². The zero-order chi connectivity index (χ0) is 11.6. The molecular formula is C14H24O2. The lowest BCUT2D eigenvalue weighted by molar-refractivity contribution is -0.142. The molecule has 2 aliphatic carbocycles. The lowest BCUT2D eigenvalue weighted by atomic mass is 9.75. The van der Waals surface area contributed by atoms with Crippen molar-refractivity contribution in [2.45, 2.75) is 70.3 Å². The van der Waals surface area contributed by atoms with Crippen molar-refractivity contribution in [3.63, 3.8) is 0 Å². The Morgan fingerprint density at radius 3 is 2.25 bits per heavy atom.